The normalized spacial score (nSPS) is 12.2. The molecular weight excluding hydrogens is 192 g/mol. The molecule has 74 valence electrons. The van der Waals surface area contributed by atoms with Crippen molar-refractivity contribution in [3.05, 3.63) is 40.3 Å². The molecular formula is C9H7F2NO2. The Kier molecular flexibility index (Phi) is 3.01. The fourth-order valence-electron chi connectivity index (χ4n) is 1.07. The van der Waals surface area contributed by atoms with E-state index in [0.717, 1.165) is 19.1 Å². The van der Waals surface area contributed by atoms with E-state index < -0.39 is 23.5 Å². The lowest BCUT2D eigenvalue weighted by Crippen LogP contribution is -2.07. The first-order valence-corrected chi connectivity index (χ1v) is 3.84. The number of hydrogen-bond donors (Lipinski definition) is 0. The van der Waals surface area contributed by atoms with Gasteiger partial charge in [0.05, 0.1) is 0 Å². The second-order valence-electron chi connectivity index (χ2n) is 2.78. The minimum atomic E-state index is -1.39. The van der Waals surface area contributed by atoms with Crippen molar-refractivity contribution >= 4 is 5.78 Å². The average molecular weight is 199 g/mol. The zero-order valence-electron chi connectivity index (χ0n) is 7.33. The van der Waals surface area contributed by atoms with Gasteiger partial charge in [0, 0.05) is 11.6 Å². The Bertz CT molecular complexity index is 379. The summed E-state index contributed by atoms with van der Waals surface area (Å²) in [6.07, 6.45) is 0. The highest BCUT2D eigenvalue weighted by Gasteiger charge is 2.21. The van der Waals surface area contributed by atoms with Gasteiger partial charge in [0.25, 0.3) is 0 Å². The van der Waals surface area contributed by atoms with Crippen LogP contribution in [0.5, 0.6) is 0 Å². The summed E-state index contributed by atoms with van der Waals surface area (Å²) in [5.74, 6) is -2.28. The van der Waals surface area contributed by atoms with Crippen LogP contribution >= 0.6 is 0 Å². The van der Waals surface area contributed by atoms with Gasteiger partial charge in [-0.05, 0) is 13.0 Å². The Balaban J connectivity index is 3.17. The number of Topliss-reactive ketones (excluding diaryl/α,β-unsaturated/α-hetero) is 1. The summed E-state index contributed by atoms with van der Waals surface area (Å²) in [6.45, 7) is 1.12. The molecule has 0 radical (unpaired) electrons. The summed E-state index contributed by atoms with van der Waals surface area (Å²) in [5, 5.41) is 2.49. The van der Waals surface area contributed by atoms with E-state index in [9.17, 15) is 18.5 Å². The molecule has 0 heterocycles. The lowest BCUT2D eigenvalue weighted by molar-refractivity contribution is -0.118. The molecule has 1 unspecified atom stereocenters. The number of halogens is 2. The molecule has 0 aliphatic heterocycles. The molecule has 14 heavy (non-hydrogen) atoms. The maximum Gasteiger partial charge on any atom is 0.177 e. The van der Waals surface area contributed by atoms with Crippen LogP contribution in [0.1, 0.15) is 18.5 Å². The zero-order chi connectivity index (χ0) is 10.7. The number of rotatable bonds is 3. The van der Waals surface area contributed by atoms with Crippen molar-refractivity contribution in [2.24, 2.45) is 5.18 Å². The largest absolute Gasteiger partial charge is 0.297 e. The summed E-state index contributed by atoms with van der Waals surface area (Å²) in [7, 11) is 0. The second kappa shape index (κ2) is 4.04. The molecule has 0 spiro atoms. The number of nitrogens with zero attached hydrogens (tertiary/aromatic N) is 1. The number of ketones is 1. The lowest BCUT2D eigenvalue weighted by atomic mass is 10.0. The van der Waals surface area contributed by atoms with Crippen LogP contribution in [0.15, 0.2) is 23.4 Å². The number of benzene rings is 1. The first kappa shape index (κ1) is 10.4. The molecule has 0 bridgehead atoms. The highest BCUT2D eigenvalue weighted by atomic mass is 19.1. The fourth-order valence-corrected chi connectivity index (χ4v) is 1.07. The van der Waals surface area contributed by atoms with E-state index in [4.69, 9.17) is 0 Å². The molecule has 1 aromatic carbocycles. The Hall–Kier alpha value is -1.65. The van der Waals surface area contributed by atoms with Gasteiger partial charge in [-0.2, -0.15) is 0 Å². The van der Waals surface area contributed by atoms with Crippen molar-refractivity contribution in [1.29, 1.82) is 0 Å². The summed E-state index contributed by atoms with van der Waals surface area (Å²) in [6, 6.07) is 1.23. The Morgan fingerprint density at radius 3 is 2.50 bits per heavy atom. The van der Waals surface area contributed by atoms with Crippen LogP contribution in [0.4, 0.5) is 8.78 Å². The van der Waals surface area contributed by atoms with Crippen LogP contribution in [0.3, 0.4) is 0 Å². The van der Waals surface area contributed by atoms with Crippen molar-refractivity contribution in [1.82, 2.24) is 0 Å². The molecule has 1 rings (SSSR count). The standard InChI is InChI=1S/C9H7F2NO2/c1-5(13)9(12-14)7-3-2-6(10)4-8(7)11/h2-4,9H,1H3. The van der Waals surface area contributed by atoms with Gasteiger partial charge >= 0.3 is 0 Å². The van der Waals surface area contributed by atoms with Crippen molar-refractivity contribution in [3.8, 4) is 0 Å². The predicted octanol–water partition coefficient (Wildman–Crippen LogP) is 2.36. The topological polar surface area (TPSA) is 46.5 Å². The summed E-state index contributed by atoms with van der Waals surface area (Å²) >= 11 is 0. The van der Waals surface area contributed by atoms with Gasteiger partial charge in [-0.3, -0.25) is 4.79 Å². The second-order valence-corrected chi connectivity index (χ2v) is 2.78. The average Bonchev–Trinajstić information content (AvgIpc) is 2.09. The van der Waals surface area contributed by atoms with E-state index in [1.54, 1.807) is 0 Å². The van der Waals surface area contributed by atoms with Crippen LogP contribution in [0.25, 0.3) is 0 Å². The van der Waals surface area contributed by atoms with Crippen LogP contribution in [-0.4, -0.2) is 5.78 Å². The zero-order valence-corrected chi connectivity index (χ0v) is 7.33. The lowest BCUT2D eigenvalue weighted by Gasteiger charge is -2.06. The smallest absolute Gasteiger partial charge is 0.177 e. The number of nitroso groups, excluding NO2 is 1. The monoisotopic (exact) mass is 199 g/mol. The molecule has 1 atom stereocenters. The number of carbonyl (C=O) groups is 1. The maximum absolute atomic E-state index is 13.1. The minimum absolute atomic E-state index is 0.200. The summed E-state index contributed by atoms with van der Waals surface area (Å²) < 4.78 is 25.5. The highest BCUT2D eigenvalue weighted by molar-refractivity contribution is 5.83. The predicted molar refractivity (Wildman–Crippen MR) is 45.6 cm³/mol. The van der Waals surface area contributed by atoms with Gasteiger partial charge in [-0.25, -0.2) is 8.78 Å². The van der Waals surface area contributed by atoms with E-state index in [-0.39, 0.29) is 5.56 Å². The van der Waals surface area contributed by atoms with Crippen molar-refractivity contribution in [3.63, 3.8) is 0 Å². The fraction of sp³-hybridized carbons (Fsp3) is 0.222. The highest BCUT2D eigenvalue weighted by Crippen LogP contribution is 2.21. The Morgan fingerprint density at radius 2 is 2.07 bits per heavy atom. The quantitative estimate of drug-likeness (QED) is 0.701. The van der Waals surface area contributed by atoms with Gasteiger partial charge in [-0.15, -0.1) is 4.91 Å². The first-order chi connectivity index (χ1) is 6.56. The SMILES string of the molecule is CC(=O)C(N=O)c1ccc(F)cc1F. The minimum Gasteiger partial charge on any atom is -0.297 e. The van der Waals surface area contributed by atoms with Crippen LogP contribution in [-0.2, 0) is 4.79 Å². The van der Waals surface area contributed by atoms with Crippen molar-refractivity contribution in [2.45, 2.75) is 13.0 Å². The van der Waals surface area contributed by atoms with Crippen LogP contribution in [0, 0.1) is 16.5 Å². The van der Waals surface area contributed by atoms with Gasteiger partial charge in [-0.1, -0.05) is 11.2 Å². The van der Waals surface area contributed by atoms with E-state index in [2.05, 4.69) is 5.18 Å². The van der Waals surface area contributed by atoms with Crippen molar-refractivity contribution < 1.29 is 13.6 Å². The molecule has 0 saturated carbocycles. The molecule has 5 heteroatoms. The molecule has 0 aliphatic rings. The third-order valence-electron chi connectivity index (χ3n) is 1.75. The van der Waals surface area contributed by atoms with Gasteiger partial charge in [0.2, 0.25) is 0 Å². The molecule has 0 N–H and O–H groups in total. The third-order valence-corrected chi connectivity index (χ3v) is 1.75. The van der Waals surface area contributed by atoms with E-state index >= 15 is 0 Å². The summed E-state index contributed by atoms with van der Waals surface area (Å²) in [5.41, 5.74) is -0.200. The van der Waals surface area contributed by atoms with Gasteiger partial charge in [0.1, 0.15) is 11.6 Å². The molecule has 0 fully saturated rings. The molecule has 0 amide bonds. The van der Waals surface area contributed by atoms with Gasteiger partial charge in [0.15, 0.2) is 11.8 Å². The Labute approximate surface area is 78.7 Å². The van der Waals surface area contributed by atoms with Gasteiger partial charge < -0.3 is 0 Å². The molecule has 1 aromatic rings. The number of carbonyl (C=O) groups excluding carboxylic acids is 1. The Morgan fingerprint density at radius 1 is 1.43 bits per heavy atom. The number of hydrogen-bond acceptors (Lipinski definition) is 3. The molecule has 3 nitrogen and oxygen atoms in total. The van der Waals surface area contributed by atoms with Crippen LogP contribution < -0.4 is 0 Å². The third kappa shape index (κ3) is 1.99. The molecule has 0 aliphatic carbocycles. The molecule has 0 saturated heterocycles. The molecule has 0 aromatic heterocycles. The van der Waals surface area contributed by atoms with E-state index in [1.165, 1.54) is 0 Å². The van der Waals surface area contributed by atoms with Crippen LogP contribution in [0.2, 0.25) is 0 Å². The van der Waals surface area contributed by atoms with Crippen molar-refractivity contribution in [2.75, 3.05) is 0 Å². The first-order valence-electron chi connectivity index (χ1n) is 3.84. The van der Waals surface area contributed by atoms with E-state index in [0.29, 0.717) is 6.07 Å². The van der Waals surface area contributed by atoms with E-state index in [1.807, 2.05) is 0 Å². The maximum atomic E-state index is 13.1. The summed E-state index contributed by atoms with van der Waals surface area (Å²) in [4.78, 5) is 21.1.